The fourth-order valence-electron chi connectivity index (χ4n) is 4.43. The maximum absolute atomic E-state index is 13.1. The van der Waals surface area contributed by atoms with Gasteiger partial charge in [0, 0.05) is 20.1 Å². The highest BCUT2D eigenvalue weighted by molar-refractivity contribution is 5.79. The minimum Gasteiger partial charge on any atom is -0.331 e. The highest BCUT2D eigenvalue weighted by Gasteiger charge is 2.47. The number of rotatable bonds is 7. The Morgan fingerprint density at radius 1 is 1.25 bits per heavy atom. The molecule has 2 heterocycles. The van der Waals surface area contributed by atoms with Gasteiger partial charge >= 0.3 is 5.69 Å². The van der Waals surface area contributed by atoms with Crippen LogP contribution in [0.25, 0.3) is 0 Å². The fourth-order valence-corrected chi connectivity index (χ4v) is 4.43. The third-order valence-electron chi connectivity index (χ3n) is 6.20. The molecular weight excluding hydrogens is 354 g/mol. The Kier molecular flexibility index (Phi) is 5.35. The second kappa shape index (κ2) is 7.91. The van der Waals surface area contributed by atoms with E-state index in [0.717, 1.165) is 25.9 Å². The van der Waals surface area contributed by atoms with Gasteiger partial charge in [0.15, 0.2) is 5.82 Å². The van der Waals surface area contributed by atoms with Crippen molar-refractivity contribution >= 4 is 5.91 Å². The van der Waals surface area contributed by atoms with Crippen molar-refractivity contribution in [1.29, 1.82) is 0 Å². The molecule has 1 N–H and O–H groups in total. The van der Waals surface area contributed by atoms with Crippen molar-refractivity contribution in [1.82, 2.24) is 24.6 Å². The maximum Gasteiger partial charge on any atom is 0.343 e. The summed E-state index contributed by atoms with van der Waals surface area (Å²) < 4.78 is 1.56. The van der Waals surface area contributed by atoms with Gasteiger partial charge in [-0.3, -0.25) is 14.3 Å². The number of hydrogen-bond donors (Lipinski definition) is 1. The molecule has 0 bridgehead atoms. The number of nitrogens with zero attached hydrogens (tertiary/aromatic N) is 4. The summed E-state index contributed by atoms with van der Waals surface area (Å²) in [6.07, 6.45) is 4.36. The van der Waals surface area contributed by atoms with Crippen LogP contribution in [0.3, 0.4) is 0 Å². The predicted octanol–water partition coefficient (Wildman–Crippen LogP) is 1.58. The molecule has 2 fully saturated rings. The van der Waals surface area contributed by atoms with Gasteiger partial charge in [-0.05, 0) is 50.1 Å². The highest BCUT2D eigenvalue weighted by Crippen LogP contribution is 2.49. The number of carbonyl (C=O) groups is 1. The number of nitrogens with one attached hydrogen (secondary N) is 1. The van der Waals surface area contributed by atoms with E-state index in [-0.39, 0.29) is 17.6 Å². The van der Waals surface area contributed by atoms with E-state index in [0.29, 0.717) is 24.2 Å². The number of H-pyrrole nitrogens is 1. The van der Waals surface area contributed by atoms with Gasteiger partial charge in [0.2, 0.25) is 5.91 Å². The van der Waals surface area contributed by atoms with Crippen molar-refractivity contribution in [2.24, 2.45) is 18.9 Å². The summed E-state index contributed by atoms with van der Waals surface area (Å²) in [7, 11) is 3.73. The molecule has 1 aromatic heterocycles. The first-order valence-corrected chi connectivity index (χ1v) is 10.2. The van der Waals surface area contributed by atoms with Crippen LogP contribution in [0.4, 0.5) is 0 Å². The van der Waals surface area contributed by atoms with E-state index in [1.54, 1.807) is 11.6 Å². The minimum absolute atomic E-state index is 0.0912. The van der Waals surface area contributed by atoms with E-state index >= 15 is 0 Å². The third-order valence-corrected chi connectivity index (χ3v) is 6.20. The summed E-state index contributed by atoms with van der Waals surface area (Å²) in [5.41, 5.74) is 1.06. The molecular formula is C21H29N5O2. The Labute approximate surface area is 165 Å². The molecule has 1 aliphatic heterocycles. The average molecular weight is 383 g/mol. The van der Waals surface area contributed by atoms with E-state index in [9.17, 15) is 9.59 Å². The van der Waals surface area contributed by atoms with Gasteiger partial charge in [-0.25, -0.2) is 9.89 Å². The Hall–Kier alpha value is -2.41. The van der Waals surface area contributed by atoms with Crippen molar-refractivity contribution in [3.8, 4) is 0 Å². The zero-order chi connectivity index (χ0) is 19.7. The maximum atomic E-state index is 13.1. The van der Waals surface area contributed by atoms with E-state index in [4.69, 9.17) is 0 Å². The van der Waals surface area contributed by atoms with Crippen molar-refractivity contribution < 1.29 is 4.79 Å². The molecule has 28 heavy (non-hydrogen) atoms. The Balaban J connectivity index is 1.43. The van der Waals surface area contributed by atoms with Crippen LogP contribution in [0.15, 0.2) is 35.1 Å². The van der Waals surface area contributed by atoms with Crippen molar-refractivity contribution in [2.45, 2.75) is 31.7 Å². The molecule has 1 saturated carbocycles. The first-order valence-electron chi connectivity index (χ1n) is 10.2. The number of benzene rings is 1. The highest BCUT2D eigenvalue weighted by atomic mass is 16.2. The summed E-state index contributed by atoms with van der Waals surface area (Å²) in [5, 5.41) is 6.80. The van der Waals surface area contributed by atoms with Crippen molar-refractivity contribution in [3.05, 3.63) is 52.2 Å². The molecule has 150 valence electrons. The van der Waals surface area contributed by atoms with Gasteiger partial charge in [0.05, 0.1) is 12.6 Å². The number of aromatic amines is 1. The van der Waals surface area contributed by atoms with Crippen LogP contribution in [0, 0.1) is 11.8 Å². The molecule has 2 aromatic rings. The van der Waals surface area contributed by atoms with Gasteiger partial charge in [-0.1, -0.05) is 30.3 Å². The number of likely N-dealkylation sites (tertiary alicyclic amines) is 1. The third kappa shape index (κ3) is 3.90. The van der Waals surface area contributed by atoms with Crippen LogP contribution in [0.5, 0.6) is 0 Å². The average Bonchev–Trinajstić information content (AvgIpc) is 3.37. The standard InChI is InChI=1S/C21H29N5O2/c1-24(12-10-15-6-4-3-5-7-15)14-18(27)26-13-11-17(16-8-9-16)19(26)20-22-23-21(28)25(20)2/h3-7,16-17,19H,8-14H2,1-2H3,(H,23,28). The quantitative estimate of drug-likeness (QED) is 0.788. The van der Waals surface area contributed by atoms with Gasteiger partial charge in [-0.2, -0.15) is 5.10 Å². The lowest BCUT2D eigenvalue weighted by Crippen LogP contribution is -2.41. The van der Waals surface area contributed by atoms with E-state index < -0.39 is 0 Å². The van der Waals surface area contributed by atoms with Crippen LogP contribution in [-0.2, 0) is 18.3 Å². The van der Waals surface area contributed by atoms with E-state index in [1.165, 1.54) is 18.4 Å². The first-order chi connectivity index (χ1) is 13.5. The van der Waals surface area contributed by atoms with Gasteiger partial charge in [0.1, 0.15) is 0 Å². The van der Waals surface area contributed by atoms with Crippen LogP contribution in [0.2, 0.25) is 0 Å². The SMILES string of the molecule is CN(CCc1ccccc1)CC(=O)N1CCC(C2CC2)C1c1n[nH]c(=O)n1C. The lowest BCUT2D eigenvalue weighted by molar-refractivity contribution is -0.133. The number of hydrogen-bond acceptors (Lipinski definition) is 4. The van der Waals surface area contributed by atoms with Crippen molar-refractivity contribution in [2.75, 3.05) is 26.7 Å². The van der Waals surface area contributed by atoms with Crippen LogP contribution >= 0.6 is 0 Å². The van der Waals surface area contributed by atoms with E-state index in [2.05, 4.69) is 27.2 Å². The number of amides is 1. The van der Waals surface area contributed by atoms with Gasteiger partial charge < -0.3 is 4.90 Å². The topological polar surface area (TPSA) is 74.2 Å². The zero-order valence-corrected chi connectivity index (χ0v) is 16.7. The molecule has 1 aliphatic carbocycles. The molecule has 2 aliphatic rings. The van der Waals surface area contributed by atoms with Crippen LogP contribution in [-0.4, -0.2) is 57.2 Å². The first kappa shape index (κ1) is 18.9. The molecule has 2 atom stereocenters. The smallest absolute Gasteiger partial charge is 0.331 e. The zero-order valence-electron chi connectivity index (χ0n) is 16.7. The molecule has 0 radical (unpaired) electrons. The Morgan fingerprint density at radius 2 is 2.00 bits per heavy atom. The van der Waals surface area contributed by atoms with Crippen LogP contribution < -0.4 is 5.69 Å². The number of likely N-dealkylation sites (N-methyl/N-ethyl adjacent to an activating group) is 1. The monoisotopic (exact) mass is 383 g/mol. The molecule has 1 amide bonds. The second-order valence-electron chi connectivity index (χ2n) is 8.24. The van der Waals surface area contributed by atoms with E-state index in [1.807, 2.05) is 30.1 Å². The molecule has 2 unspecified atom stereocenters. The molecule has 4 rings (SSSR count). The summed E-state index contributed by atoms with van der Waals surface area (Å²) >= 11 is 0. The number of aromatic nitrogens is 3. The summed E-state index contributed by atoms with van der Waals surface area (Å²) in [5.74, 6) is 1.89. The summed E-state index contributed by atoms with van der Waals surface area (Å²) in [6.45, 7) is 1.97. The molecule has 1 aromatic carbocycles. The molecule has 7 nitrogen and oxygen atoms in total. The molecule has 0 spiro atoms. The lowest BCUT2D eigenvalue weighted by atomic mass is 9.94. The fraction of sp³-hybridized carbons (Fsp3) is 0.571. The normalized spacial score (nSPS) is 22.2. The van der Waals surface area contributed by atoms with Crippen LogP contribution in [0.1, 0.15) is 36.7 Å². The van der Waals surface area contributed by atoms with Gasteiger partial charge in [0.25, 0.3) is 0 Å². The van der Waals surface area contributed by atoms with Gasteiger partial charge in [-0.15, -0.1) is 0 Å². The van der Waals surface area contributed by atoms with Crippen molar-refractivity contribution in [3.63, 3.8) is 0 Å². The summed E-state index contributed by atoms with van der Waals surface area (Å²) in [4.78, 5) is 29.1. The Morgan fingerprint density at radius 3 is 2.64 bits per heavy atom. The lowest BCUT2D eigenvalue weighted by Gasteiger charge is -2.29. The molecule has 7 heteroatoms. The largest absolute Gasteiger partial charge is 0.343 e. The Bertz CT molecular complexity index is 870. The number of carbonyl (C=O) groups excluding carboxylic acids is 1. The predicted molar refractivity (Wildman–Crippen MR) is 107 cm³/mol. The second-order valence-corrected chi connectivity index (χ2v) is 8.24. The summed E-state index contributed by atoms with van der Waals surface area (Å²) in [6, 6.07) is 10.2. The minimum atomic E-state index is -0.219. The molecule has 1 saturated heterocycles.